The Balaban J connectivity index is 1.54. The lowest BCUT2D eigenvalue weighted by molar-refractivity contribution is -0.384. The summed E-state index contributed by atoms with van der Waals surface area (Å²) in [5.41, 5.74) is 5.04. The average Bonchev–Trinajstić information content (AvgIpc) is 3.39. The molecular formula is C29H20ClN5O2. The van der Waals surface area contributed by atoms with E-state index in [0.29, 0.717) is 17.4 Å². The van der Waals surface area contributed by atoms with Crippen molar-refractivity contribution in [1.82, 2.24) is 9.97 Å². The van der Waals surface area contributed by atoms with Crippen molar-refractivity contribution in [2.45, 2.75) is 12.5 Å². The zero-order valence-electron chi connectivity index (χ0n) is 19.5. The lowest BCUT2D eigenvalue weighted by atomic mass is 9.98. The summed E-state index contributed by atoms with van der Waals surface area (Å²) >= 11 is 6.33. The van der Waals surface area contributed by atoms with Crippen LogP contribution in [0.25, 0.3) is 22.2 Å². The molecule has 0 bridgehead atoms. The second-order valence-corrected chi connectivity index (χ2v) is 9.17. The maximum absolute atomic E-state index is 11.5. The van der Waals surface area contributed by atoms with Gasteiger partial charge in [-0.15, -0.1) is 0 Å². The number of fused-ring (bicyclic) bond motifs is 1. The van der Waals surface area contributed by atoms with Gasteiger partial charge in [0.15, 0.2) is 0 Å². The first kappa shape index (κ1) is 22.8. The minimum atomic E-state index is -0.383. The number of rotatable bonds is 5. The Morgan fingerprint density at radius 2 is 1.57 bits per heavy atom. The predicted octanol–water partition coefficient (Wildman–Crippen LogP) is 7.21. The molecule has 4 aromatic carbocycles. The molecule has 2 heterocycles. The molecule has 0 amide bonds. The Morgan fingerprint density at radius 3 is 2.30 bits per heavy atom. The molecule has 6 rings (SSSR count). The molecule has 0 radical (unpaired) electrons. The Bertz CT molecular complexity index is 1660. The standard InChI is InChI=1S/C29H20ClN5O2/c30-22-14-15-25-24(17-22)28(20-10-5-2-6-11-20)32-29(31-25)34-27(21-12-7-13-23(16-21)35(36)37)18-26(33-34)19-8-3-1-4-9-19/h1-17,27H,18H2. The van der Waals surface area contributed by atoms with E-state index in [0.717, 1.165) is 39.0 Å². The maximum atomic E-state index is 11.5. The molecule has 5 aromatic rings. The van der Waals surface area contributed by atoms with Crippen LogP contribution >= 0.6 is 11.6 Å². The summed E-state index contributed by atoms with van der Waals surface area (Å²) in [7, 11) is 0. The van der Waals surface area contributed by atoms with E-state index in [1.807, 2.05) is 78.9 Å². The molecule has 8 heteroatoms. The number of nitro benzene ring substituents is 1. The Hall–Kier alpha value is -4.62. The van der Waals surface area contributed by atoms with Crippen molar-refractivity contribution in [3.05, 3.63) is 129 Å². The van der Waals surface area contributed by atoms with Gasteiger partial charge in [-0.2, -0.15) is 5.10 Å². The fourth-order valence-electron chi connectivity index (χ4n) is 4.61. The Morgan fingerprint density at radius 1 is 0.838 bits per heavy atom. The van der Waals surface area contributed by atoms with Crippen molar-refractivity contribution >= 4 is 39.9 Å². The number of hydrogen-bond donors (Lipinski definition) is 0. The topological polar surface area (TPSA) is 84.5 Å². The number of hydrazone groups is 1. The van der Waals surface area contributed by atoms with Gasteiger partial charge in [0.1, 0.15) is 0 Å². The summed E-state index contributed by atoms with van der Waals surface area (Å²) in [5.74, 6) is 0.413. The quantitative estimate of drug-likeness (QED) is 0.186. The van der Waals surface area contributed by atoms with Crippen LogP contribution in [-0.4, -0.2) is 20.6 Å². The highest BCUT2D eigenvalue weighted by Crippen LogP contribution is 2.38. The van der Waals surface area contributed by atoms with E-state index in [1.54, 1.807) is 23.2 Å². The van der Waals surface area contributed by atoms with Crippen molar-refractivity contribution in [3.8, 4) is 11.3 Å². The van der Waals surface area contributed by atoms with Crippen molar-refractivity contribution in [2.75, 3.05) is 5.01 Å². The number of aromatic nitrogens is 2. The van der Waals surface area contributed by atoms with E-state index in [4.69, 9.17) is 26.7 Å². The Labute approximate surface area is 217 Å². The summed E-state index contributed by atoms with van der Waals surface area (Å²) in [6.45, 7) is 0. The number of nitro groups is 1. The van der Waals surface area contributed by atoms with Gasteiger partial charge in [-0.25, -0.2) is 15.0 Å². The number of halogens is 1. The molecule has 1 atom stereocenters. The summed E-state index contributed by atoms with van der Waals surface area (Å²) in [6, 6.07) is 31.6. The van der Waals surface area contributed by atoms with Gasteiger partial charge in [0.25, 0.3) is 5.69 Å². The minimum absolute atomic E-state index is 0.0321. The van der Waals surface area contributed by atoms with Gasteiger partial charge in [0.05, 0.1) is 27.9 Å². The fourth-order valence-corrected chi connectivity index (χ4v) is 4.78. The zero-order valence-corrected chi connectivity index (χ0v) is 20.3. The van der Waals surface area contributed by atoms with Crippen LogP contribution < -0.4 is 5.01 Å². The number of nitrogens with zero attached hydrogens (tertiary/aromatic N) is 5. The maximum Gasteiger partial charge on any atom is 0.269 e. The number of non-ortho nitro benzene ring substituents is 1. The van der Waals surface area contributed by atoms with Gasteiger partial charge in [0.2, 0.25) is 5.95 Å². The van der Waals surface area contributed by atoms with Gasteiger partial charge in [-0.1, -0.05) is 84.4 Å². The van der Waals surface area contributed by atoms with Crippen LogP contribution in [0.4, 0.5) is 11.6 Å². The van der Waals surface area contributed by atoms with Crippen LogP contribution in [0.3, 0.4) is 0 Å². The molecule has 1 aromatic heterocycles. The molecule has 1 aliphatic rings. The molecule has 37 heavy (non-hydrogen) atoms. The molecule has 0 aliphatic carbocycles. The third-order valence-electron chi connectivity index (χ3n) is 6.38. The highest BCUT2D eigenvalue weighted by atomic mass is 35.5. The van der Waals surface area contributed by atoms with E-state index in [1.165, 1.54) is 6.07 Å². The molecular weight excluding hydrogens is 486 g/mol. The lowest BCUT2D eigenvalue weighted by Gasteiger charge is -2.23. The van der Waals surface area contributed by atoms with Crippen LogP contribution in [0.2, 0.25) is 5.02 Å². The largest absolute Gasteiger partial charge is 0.269 e. The number of benzene rings is 4. The average molecular weight is 506 g/mol. The van der Waals surface area contributed by atoms with Gasteiger partial charge >= 0.3 is 0 Å². The number of hydrogen-bond acceptors (Lipinski definition) is 6. The van der Waals surface area contributed by atoms with E-state index in [9.17, 15) is 10.1 Å². The van der Waals surface area contributed by atoms with Crippen LogP contribution in [-0.2, 0) is 0 Å². The first-order valence-electron chi connectivity index (χ1n) is 11.8. The van der Waals surface area contributed by atoms with Gasteiger partial charge in [0, 0.05) is 34.5 Å². The van der Waals surface area contributed by atoms with Crippen LogP contribution in [0.5, 0.6) is 0 Å². The summed E-state index contributed by atoms with van der Waals surface area (Å²) in [4.78, 5) is 21.0. The summed E-state index contributed by atoms with van der Waals surface area (Å²) < 4.78 is 0. The van der Waals surface area contributed by atoms with E-state index in [-0.39, 0.29) is 16.7 Å². The van der Waals surface area contributed by atoms with Crippen LogP contribution in [0, 0.1) is 10.1 Å². The first-order chi connectivity index (χ1) is 18.1. The molecule has 0 spiro atoms. The zero-order chi connectivity index (χ0) is 25.4. The second kappa shape index (κ2) is 9.44. The Kier molecular flexibility index (Phi) is 5.82. The van der Waals surface area contributed by atoms with E-state index in [2.05, 4.69) is 0 Å². The van der Waals surface area contributed by atoms with Crippen LogP contribution in [0.15, 0.2) is 108 Å². The van der Waals surface area contributed by atoms with Crippen LogP contribution in [0.1, 0.15) is 23.6 Å². The second-order valence-electron chi connectivity index (χ2n) is 8.73. The first-order valence-corrected chi connectivity index (χ1v) is 12.1. The molecule has 180 valence electrons. The molecule has 7 nitrogen and oxygen atoms in total. The van der Waals surface area contributed by atoms with E-state index >= 15 is 0 Å². The van der Waals surface area contributed by atoms with Crippen molar-refractivity contribution < 1.29 is 4.92 Å². The smallest absolute Gasteiger partial charge is 0.258 e. The number of anilines is 1. The molecule has 0 N–H and O–H groups in total. The van der Waals surface area contributed by atoms with Gasteiger partial charge in [-0.05, 0) is 29.3 Å². The summed E-state index contributed by atoms with van der Waals surface area (Å²) in [6.07, 6.45) is 0.549. The van der Waals surface area contributed by atoms with Crippen molar-refractivity contribution in [2.24, 2.45) is 5.10 Å². The molecule has 1 unspecified atom stereocenters. The van der Waals surface area contributed by atoms with Crippen molar-refractivity contribution in [3.63, 3.8) is 0 Å². The summed E-state index contributed by atoms with van der Waals surface area (Å²) in [5, 5.41) is 19.7. The SMILES string of the molecule is O=[N+]([O-])c1cccc(C2CC(c3ccccc3)=NN2c2nc(-c3ccccc3)c3cc(Cl)ccc3n2)c1. The highest BCUT2D eigenvalue weighted by molar-refractivity contribution is 6.31. The highest BCUT2D eigenvalue weighted by Gasteiger charge is 2.33. The van der Waals surface area contributed by atoms with Crippen molar-refractivity contribution in [1.29, 1.82) is 0 Å². The normalized spacial score (nSPS) is 15.1. The fraction of sp³-hybridized carbons (Fsp3) is 0.0690. The van der Waals surface area contributed by atoms with Gasteiger partial charge in [-0.3, -0.25) is 10.1 Å². The monoisotopic (exact) mass is 505 g/mol. The third kappa shape index (κ3) is 4.41. The lowest BCUT2D eigenvalue weighted by Crippen LogP contribution is -2.21. The third-order valence-corrected chi connectivity index (χ3v) is 6.62. The molecule has 1 aliphatic heterocycles. The molecule has 0 saturated carbocycles. The van der Waals surface area contributed by atoms with E-state index < -0.39 is 0 Å². The molecule has 0 saturated heterocycles. The predicted molar refractivity (Wildman–Crippen MR) is 146 cm³/mol. The minimum Gasteiger partial charge on any atom is -0.258 e. The molecule has 0 fully saturated rings. The van der Waals surface area contributed by atoms with Gasteiger partial charge < -0.3 is 0 Å².